The average molecular weight is 408 g/mol. The molecule has 1 aromatic rings. The molecule has 1 fully saturated rings. The molecule has 0 spiro atoms. The van der Waals surface area contributed by atoms with Crippen LogP contribution in [0.25, 0.3) is 0 Å². The Balaban J connectivity index is 1.84. The maximum absolute atomic E-state index is 12.1. The van der Waals surface area contributed by atoms with Crippen LogP contribution in [-0.4, -0.2) is 54.0 Å². The molecule has 0 atom stereocenters. The third-order valence-corrected chi connectivity index (χ3v) is 5.81. The van der Waals surface area contributed by atoms with Crippen molar-refractivity contribution in [1.82, 2.24) is 20.5 Å². The quantitative estimate of drug-likeness (QED) is 0.561. The van der Waals surface area contributed by atoms with Crippen molar-refractivity contribution >= 4 is 23.2 Å². The number of thiazole rings is 1. The number of nitrogens with one attached hydrogen (secondary N) is 2. The summed E-state index contributed by atoms with van der Waals surface area (Å²) < 4.78 is 0. The van der Waals surface area contributed by atoms with E-state index in [1.54, 1.807) is 11.3 Å². The summed E-state index contributed by atoms with van der Waals surface area (Å²) in [6.07, 6.45) is 2.78. The molecule has 0 bridgehead atoms. The number of guanidine groups is 1. The highest BCUT2D eigenvalue weighted by Crippen LogP contribution is 2.24. The molecule has 28 heavy (non-hydrogen) atoms. The fraction of sp³-hybridized carbons (Fsp3) is 0.762. The van der Waals surface area contributed by atoms with Gasteiger partial charge in [0.1, 0.15) is 0 Å². The summed E-state index contributed by atoms with van der Waals surface area (Å²) >= 11 is 1.72. The van der Waals surface area contributed by atoms with Crippen molar-refractivity contribution in [3.8, 4) is 0 Å². The van der Waals surface area contributed by atoms with Crippen LogP contribution in [-0.2, 0) is 16.6 Å². The summed E-state index contributed by atoms with van der Waals surface area (Å²) in [7, 11) is 0. The molecule has 2 rings (SSSR count). The van der Waals surface area contributed by atoms with Gasteiger partial charge in [0.15, 0.2) is 5.96 Å². The van der Waals surface area contributed by atoms with Gasteiger partial charge in [0.2, 0.25) is 5.91 Å². The second kappa shape index (κ2) is 10.2. The lowest BCUT2D eigenvalue weighted by atomic mass is 9.93. The Kier molecular flexibility index (Phi) is 8.28. The van der Waals surface area contributed by atoms with Crippen molar-refractivity contribution in [2.45, 2.75) is 72.3 Å². The molecule has 0 saturated carbocycles. The number of rotatable bonds is 6. The van der Waals surface area contributed by atoms with Gasteiger partial charge in [0.05, 0.1) is 10.7 Å². The van der Waals surface area contributed by atoms with Gasteiger partial charge in [-0.25, -0.2) is 4.98 Å². The lowest BCUT2D eigenvalue weighted by Gasteiger charge is -2.34. The van der Waals surface area contributed by atoms with Crippen LogP contribution in [0.1, 0.15) is 65.1 Å². The van der Waals surface area contributed by atoms with Crippen LogP contribution >= 0.6 is 11.3 Å². The normalized spacial score (nSPS) is 16.5. The van der Waals surface area contributed by atoms with Gasteiger partial charge in [0.25, 0.3) is 0 Å². The smallest absolute Gasteiger partial charge is 0.225 e. The zero-order valence-corrected chi connectivity index (χ0v) is 19.2. The second-order valence-electron chi connectivity index (χ2n) is 8.79. The Morgan fingerprint density at radius 2 is 2.04 bits per heavy atom. The van der Waals surface area contributed by atoms with Gasteiger partial charge >= 0.3 is 0 Å². The van der Waals surface area contributed by atoms with Gasteiger partial charge in [0, 0.05) is 55.4 Å². The van der Waals surface area contributed by atoms with Crippen LogP contribution in [0.5, 0.6) is 0 Å². The first kappa shape index (κ1) is 22.7. The minimum atomic E-state index is 0.0769. The summed E-state index contributed by atoms with van der Waals surface area (Å²) in [5.74, 6) is 1.20. The standard InChI is InChI=1S/C21H37N5OS/c1-7-22-20(23-11-8-18-25-17(14-28-18)21(4,5)6)24-16-9-12-26(13-10-16)19(27)15(2)3/h14-16H,7-13H2,1-6H3,(H2,22,23,24). The van der Waals surface area contributed by atoms with Crippen molar-refractivity contribution in [1.29, 1.82) is 0 Å². The Morgan fingerprint density at radius 1 is 1.36 bits per heavy atom. The molecule has 7 heteroatoms. The number of aliphatic imine (C=N–C) groups is 1. The molecule has 6 nitrogen and oxygen atoms in total. The number of nitrogens with zero attached hydrogens (tertiary/aromatic N) is 3. The minimum Gasteiger partial charge on any atom is -0.357 e. The van der Waals surface area contributed by atoms with Crippen molar-refractivity contribution in [2.75, 3.05) is 26.2 Å². The van der Waals surface area contributed by atoms with E-state index >= 15 is 0 Å². The molecule has 1 aliphatic heterocycles. The Labute approximate surface area is 174 Å². The zero-order chi connectivity index (χ0) is 20.7. The molecule has 0 aromatic carbocycles. The summed E-state index contributed by atoms with van der Waals surface area (Å²) in [5, 5.41) is 10.2. The molecular weight excluding hydrogens is 370 g/mol. The minimum absolute atomic E-state index is 0.0769. The maximum atomic E-state index is 12.1. The van der Waals surface area contributed by atoms with E-state index in [0.717, 1.165) is 62.1 Å². The van der Waals surface area contributed by atoms with Gasteiger partial charge in [-0.2, -0.15) is 0 Å². The molecule has 0 unspecified atom stereocenters. The van der Waals surface area contributed by atoms with E-state index in [1.165, 1.54) is 0 Å². The number of carbonyl (C=O) groups excluding carboxylic acids is 1. The number of aromatic nitrogens is 1. The molecule has 0 aliphatic carbocycles. The van der Waals surface area contributed by atoms with E-state index in [-0.39, 0.29) is 17.2 Å². The SMILES string of the molecule is CCNC(=NCCc1nc(C(C)(C)C)cs1)NC1CCN(C(=O)C(C)C)CC1. The molecule has 1 saturated heterocycles. The molecule has 158 valence electrons. The number of carbonyl (C=O) groups is 1. The lowest BCUT2D eigenvalue weighted by Crippen LogP contribution is -2.50. The van der Waals surface area contributed by atoms with Crippen LogP contribution < -0.4 is 10.6 Å². The highest BCUT2D eigenvalue weighted by molar-refractivity contribution is 7.09. The van der Waals surface area contributed by atoms with Crippen LogP contribution in [0, 0.1) is 5.92 Å². The van der Waals surface area contributed by atoms with Gasteiger partial charge < -0.3 is 15.5 Å². The molecular formula is C21H37N5OS. The number of amides is 1. The van der Waals surface area contributed by atoms with Crippen LogP contribution in [0.15, 0.2) is 10.4 Å². The van der Waals surface area contributed by atoms with Crippen LogP contribution in [0.2, 0.25) is 0 Å². The van der Waals surface area contributed by atoms with E-state index in [9.17, 15) is 4.79 Å². The average Bonchev–Trinajstić information content (AvgIpc) is 3.11. The molecule has 0 radical (unpaired) electrons. The Morgan fingerprint density at radius 3 is 2.57 bits per heavy atom. The first-order valence-electron chi connectivity index (χ1n) is 10.5. The molecule has 1 aromatic heterocycles. The fourth-order valence-corrected chi connectivity index (χ4v) is 4.17. The molecule has 1 aliphatic rings. The van der Waals surface area contributed by atoms with Crippen LogP contribution in [0.4, 0.5) is 0 Å². The van der Waals surface area contributed by atoms with E-state index < -0.39 is 0 Å². The predicted molar refractivity (Wildman–Crippen MR) is 118 cm³/mol. The molecule has 1 amide bonds. The number of hydrogen-bond acceptors (Lipinski definition) is 4. The van der Waals surface area contributed by atoms with Gasteiger partial charge in [-0.3, -0.25) is 9.79 Å². The maximum Gasteiger partial charge on any atom is 0.225 e. The van der Waals surface area contributed by atoms with E-state index in [1.807, 2.05) is 18.7 Å². The predicted octanol–water partition coefficient (Wildman–Crippen LogP) is 3.19. The third kappa shape index (κ3) is 6.76. The van der Waals surface area contributed by atoms with E-state index in [4.69, 9.17) is 9.98 Å². The fourth-order valence-electron chi connectivity index (χ4n) is 3.16. The number of piperidine rings is 1. The summed E-state index contributed by atoms with van der Waals surface area (Å²) in [5.41, 5.74) is 1.25. The largest absolute Gasteiger partial charge is 0.357 e. The van der Waals surface area contributed by atoms with Gasteiger partial charge in [-0.15, -0.1) is 11.3 Å². The van der Waals surface area contributed by atoms with Gasteiger partial charge in [-0.1, -0.05) is 34.6 Å². The highest BCUT2D eigenvalue weighted by Gasteiger charge is 2.24. The topological polar surface area (TPSA) is 69.6 Å². The third-order valence-electron chi connectivity index (χ3n) is 4.90. The van der Waals surface area contributed by atoms with Crippen molar-refractivity contribution in [3.05, 3.63) is 16.1 Å². The monoisotopic (exact) mass is 407 g/mol. The van der Waals surface area contributed by atoms with Crippen molar-refractivity contribution < 1.29 is 4.79 Å². The first-order chi connectivity index (χ1) is 13.2. The zero-order valence-electron chi connectivity index (χ0n) is 18.3. The second-order valence-corrected chi connectivity index (χ2v) is 9.73. The molecule has 2 N–H and O–H groups in total. The van der Waals surface area contributed by atoms with E-state index in [2.05, 4.69) is 43.7 Å². The molecule has 2 heterocycles. The lowest BCUT2D eigenvalue weighted by molar-refractivity contribution is -0.135. The Bertz CT molecular complexity index is 654. The number of hydrogen-bond donors (Lipinski definition) is 2. The van der Waals surface area contributed by atoms with Crippen LogP contribution in [0.3, 0.4) is 0 Å². The highest BCUT2D eigenvalue weighted by atomic mass is 32.1. The summed E-state index contributed by atoms with van der Waals surface area (Å²) in [6.45, 7) is 15.8. The summed E-state index contributed by atoms with van der Waals surface area (Å²) in [6, 6.07) is 0.362. The van der Waals surface area contributed by atoms with Crippen molar-refractivity contribution in [2.24, 2.45) is 10.9 Å². The number of likely N-dealkylation sites (tertiary alicyclic amines) is 1. The summed E-state index contributed by atoms with van der Waals surface area (Å²) in [4.78, 5) is 23.6. The Hall–Kier alpha value is -1.63. The van der Waals surface area contributed by atoms with E-state index in [0.29, 0.717) is 6.04 Å². The first-order valence-corrected chi connectivity index (χ1v) is 11.4. The van der Waals surface area contributed by atoms with Gasteiger partial charge in [-0.05, 0) is 19.8 Å². The van der Waals surface area contributed by atoms with Crippen molar-refractivity contribution in [3.63, 3.8) is 0 Å².